The average molecular weight is 626 g/mol. The number of hydrogen-bond acceptors (Lipinski definition) is 11. The van der Waals surface area contributed by atoms with Gasteiger partial charge in [0.25, 0.3) is 5.56 Å². The molecular formula is C27H26F3N11O4. The second-order valence-electron chi connectivity index (χ2n) is 10.6. The summed E-state index contributed by atoms with van der Waals surface area (Å²) in [6.07, 6.45) is 2.67. The van der Waals surface area contributed by atoms with Gasteiger partial charge < -0.3 is 19.3 Å². The van der Waals surface area contributed by atoms with E-state index in [1.807, 2.05) is 0 Å². The van der Waals surface area contributed by atoms with E-state index in [-0.39, 0.29) is 48.1 Å². The predicted molar refractivity (Wildman–Crippen MR) is 152 cm³/mol. The van der Waals surface area contributed by atoms with Gasteiger partial charge in [-0.25, -0.2) is 24.7 Å². The molecule has 2 atom stereocenters. The molecule has 45 heavy (non-hydrogen) atoms. The number of aryl methyl sites for hydroxylation is 2. The Bertz CT molecular complexity index is 2010. The fourth-order valence-electron chi connectivity index (χ4n) is 5.25. The lowest BCUT2D eigenvalue weighted by Crippen LogP contribution is -2.42. The molecule has 0 unspecified atom stereocenters. The zero-order chi connectivity index (χ0) is 32.0. The number of nitrogens with one attached hydrogen (secondary N) is 1. The smallest absolute Gasteiger partial charge is 0.361 e. The molecule has 1 aliphatic rings. The molecule has 1 fully saturated rings. The fraction of sp³-hybridized carbons (Fsp3) is 0.370. The number of carbonyl (C=O) groups excluding carboxylic acids is 1. The Morgan fingerprint density at radius 1 is 1.16 bits per heavy atom. The number of imidazole rings is 1. The number of halogens is 3. The first kappa shape index (κ1) is 29.6. The Morgan fingerprint density at radius 2 is 1.91 bits per heavy atom. The highest BCUT2D eigenvalue weighted by atomic mass is 19.4. The number of amides is 1. The molecule has 5 aromatic heterocycles. The second-order valence-corrected chi connectivity index (χ2v) is 10.6. The minimum absolute atomic E-state index is 0.0220. The Morgan fingerprint density at radius 3 is 2.60 bits per heavy atom. The predicted octanol–water partition coefficient (Wildman–Crippen LogP) is 2.22. The molecule has 0 radical (unpaired) electrons. The summed E-state index contributed by atoms with van der Waals surface area (Å²) in [6.45, 7) is 3.28. The molecular weight excluding hydrogens is 599 g/mol. The number of hydrogen-bond donors (Lipinski definition) is 1. The van der Waals surface area contributed by atoms with E-state index in [1.165, 1.54) is 47.3 Å². The van der Waals surface area contributed by atoms with Gasteiger partial charge in [0.2, 0.25) is 11.9 Å². The Kier molecular flexibility index (Phi) is 7.41. The van der Waals surface area contributed by atoms with Gasteiger partial charge in [0, 0.05) is 37.6 Å². The standard InChI is InChI=1S/C27H26F3N11O4/c1-14-7-17(37-45-14)12-40-24(43)21-22(38(3)26(40)44)34-13-41(21)15(2)23(42)36-20-11-31-10-18(35-20)16-8-32-25(33-9-16)39-6-4-5-19(39)27(28,29)30/h7-11,13,15,19H,4-6,12H2,1-3H3,(H,35,36,42)/t15-,19-/m0/s1. The van der Waals surface area contributed by atoms with Crippen molar-refractivity contribution in [2.24, 2.45) is 7.05 Å². The minimum atomic E-state index is -4.39. The number of carbonyl (C=O) groups is 1. The summed E-state index contributed by atoms with van der Waals surface area (Å²) in [5.41, 5.74) is -0.118. The molecule has 6 rings (SSSR count). The van der Waals surface area contributed by atoms with Crippen molar-refractivity contribution < 1.29 is 22.5 Å². The molecule has 18 heteroatoms. The first-order valence-electron chi connectivity index (χ1n) is 13.8. The van der Waals surface area contributed by atoms with Gasteiger partial charge in [0.15, 0.2) is 17.0 Å². The topological polar surface area (TPSA) is 172 Å². The van der Waals surface area contributed by atoms with Crippen LogP contribution in [0.2, 0.25) is 0 Å². The van der Waals surface area contributed by atoms with Gasteiger partial charge in [-0.3, -0.25) is 23.7 Å². The Hall–Kier alpha value is -5.42. The van der Waals surface area contributed by atoms with Crippen molar-refractivity contribution in [3.63, 3.8) is 0 Å². The molecule has 234 valence electrons. The van der Waals surface area contributed by atoms with Crippen molar-refractivity contribution >= 4 is 28.8 Å². The maximum Gasteiger partial charge on any atom is 0.408 e. The zero-order valence-corrected chi connectivity index (χ0v) is 24.2. The maximum atomic E-state index is 13.5. The third kappa shape index (κ3) is 5.53. The third-order valence-electron chi connectivity index (χ3n) is 7.56. The average Bonchev–Trinajstić information content (AvgIpc) is 3.78. The molecule has 1 amide bonds. The largest absolute Gasteiger partial charge is 0.408 e. The quantitative estimate of drug-likeness (QED) is 0.281. The fourth-order valence-corrected chi connectivity index (χ4v) is 5.25. The van der Waals surface area contributed by atoms with E-state index in [4.69, 9.17) is 4.52 Å². The maximum absolute atomic E-state index is 13.5. The van der Waals surface area contributed by atoms with Gasteiger partial charge in [-0.05, 0) is 26.7 Å². The van der Waals surface area contributed by atoms with E-state index in [9.17, 15) is 27.6 Å². The first-order valence-corrected chi connectivity index (χ1v) is 13.8. The van der Waals surface area contributed by atoms with Crippen LogP contribution in [0.15, 0.2) is 51.3 Å². The van der Waals surface area contributed by atoms with Crippen LogP contribution in [-0.4, -0.2) is 68.4 Å². The number of anilines is 2. The Balaban J connectivity index is 1.23. The van der Waals surface area contributed by atoms with Crippen LogP contribution in [0, 0.1) is 6.92 Å². The summed E-state index contributed by atoms with van der Waals surface area (Å²) < 4.78 is 48.7. The molecule has 0 aromatic carbocycles. The van der Waals surface area contributed by atoms with Gasteiger partial charge >= 0.3 is 11.9 Å². The van der Waals surface area contributed by atoms with Crippen LogP contribution in [0.25, 0.3) is 22.4 Å². The number of rotatable bonds is 7. The van der Waals surface area contributed by atoms with E-state index in [1.54, 1.807) is 19.9 Å². The monoisotopic (exact) mass is 625 g/mol. The van der Waals surface area contributed by atoms with Gasteiger partial charge in [-0.2, -0.15) is 13.2 Å². The van der Waals surface area contributed by atoms with E-state index in [0.717, 1.165) is 9.47 Å². The van der Waals surface area contributed by atoms with Crippen LogP contribution in [0.1, 0.15) is 37.3 Å². The lowest BCUT2D eigenvalue weighted by Gasteiger charge is -2.26. The molecule has 0 bridgehead atoms. The number of fused-ring (bicyclic) bond motifs is 1. The molecule has 6 heterocycles. The van der Waals surface area contributed by atoms with E-state index in [2.05, 4.69) is 35.4 Å². The number of nitrogens with zero attached hydrogens (tertiary/aromatic N) is 10. The van der Waals surface area contributed by atoms with Crippen molar-refractivity contribution in [2.45, 2.75) is 51.5 Å². The van der Waals surface area contributed by atoms with Crippen LogP contribution in [0.3, 0.4) is 0 Å². The third-order valence-corrected chi connectivity index (χ3v) is 7.56. The van der Waals surface area contributed by atoms with Crippen molar-refractivity contribution in [1.82, 2.24) is 43.8 Å². The van der Waals surface area contributed by atoms with Crippen molar-refractivity contribution in [1.29, 1.82) is 0 Å². The van der Waals surface area contributed by atoms with Crippen LogP contribution in [-0.2, 0) is 18.4 Å². The zero-order valence-electron chi connectivity index (χ0n) is 24.2. The van der Waals surface area contributed by atoms with Crippen molar-refractivity contribution in [3.8, 4) is 11.3 Å². The minimum Gasteiger partial charge on any atom is -0.361 e. The summed E-state index contributed by atoms with van der Waals surface area (Å²) in [5.74, 6) is -0.0125. The molecule has 0 aliphatic carbocycles. The lowest BCUT2D eigenvalue weighted by atomic mass is 10.2. The molecule has 1 saturated heterocycles. The number of alkyl halides is 3. The molecule has 1 aliphatic heterocycles. The summed E-state index contributed by atoms with van der Waals surface area (Å²) in [4.78, 5) is 61.7. The van der Waals surface area contributed by atoms with E-state index in [0.29, 0.717) is 23.4 Å². The first-order chi connectivity index (χ1) is 21.4. The highest BCUT2D eigenvalue weighted by Gasteiger charge is 2.46. The van der Waals surface area contributed by atoms with Crippen molar-refractivity contribution in [3.05, 3.63) is 69.5 Å². The lowest BCUT2D eigenvalue weighted by molar-refractivity contribution is -0.146. The van der Waals surface area contributed by atoms with Crippen LogP contribution >= 0.6 is 0 Å². The highest BCUT2D eigenvalue weighted by molar-refractivity contribution is 5.93. The van der Waals surface area contributed by atoms with Gasteiger partial charge in [-0.1, -0.05) is 5.16 Å². The summed E-state index contributed by atoms with van der Waals surface area (Å²) in [5, 5.41) is 6.50. The second kappa shape index (κ2) is 11.3. The Labute approximate surface area is 251 Å². The van der Waals surface area contributed by atoms with Crippen LogP contribution in [0.5, 0.6) is 0 Å². The number of aromatic nitrogens is 9. The van der Waals surface area contributed by atoms with E-state index >= 15 is 0 Å². The molecule has 0 spiro atoms. The summed E-state index contributed by atoms with van der Waals surface area (Å²) in [6, 6.07) is -1.00. The molecule has 1 N–H and O–H groups in total. The van der Waals surface area contributed by atoms with Gasteiger partial charge in [0.1, 0.15) is 23.5 Å². The summed E-state index contributed by atoms with van der Waals surface area (Å²) >= 11 is 0. The van der Waals surface area contributed by atoms with Gasteiger partial charge in [-0.15, -0.1) is 0 Å². The van der Waals surface area contributed by atoms with Crippen LogP contribution in [0.4, 0.5) is 24.9 Å². The highest BCUT2D eigenvalue weighted by Crippen LogP contribution is 2.34. The van der Waals surface area contributed by atoms with Crippen LogP contribution < -0.4 is 21.5 Å². The molecule has 15 nitrogen and oxygen atoms in total. The van der Waals surface area contributed by atoms with Gasteiger partial charge in [0.05, 0.1) is 31.0 Å². The normalized spacial score (nSPS) is 16.0. The molecule has 5 aromatic rings. The SMILES string of the molecule is Cc1cc(Cn2c(=O)c3c(ncn3[C@@H](C)C(=O)Nc3cncc(-c4cnc(N5CCC[C@H]5C(F)(F)F)nc4)n3)n(C)c2=O)no1. The summed E-state index contributed by atoms with van der Waals surface area (Å²) in [7, 11) is 1.47. The van der Waals surface area contributed by atoms with E-state index < -0.39 is 35.4 Å². The molecule has 0 saturated carbocycles. The van der Waals surface area contributed by atoms with Crippen molar-refractivity contribution in [2.75, 3.05) is 16.8 Å².